The van der Waals surface area contributed by atoms with Crippen molar-refractivity contribution < 1.29 is 0 Å². The quantitative estimate of drug-likeness (QED) is 0.697. The molecule has 1 aromatic heterocycles. The number of hydrogen-bond acceptors (Lipinski definition) is 5. The minimum atomic E-state index is 0.596. The molecule has 0 aliphatic carbocycles. The van der Waals surface area contributed by atoms with Gasteiger partial charge in [-0.3, -0.25) is 4.90 Å². The Labute approximate surface area is 153 Å². The lowest BCUT2D eigenvalue weighted by molar-refractivity contribution is 0.176. The van der Waals surface area contributed by atoms with Crippen molar-refractivity contribution in [2.75, 3.05) is 31.6 Å². The zero-order valence-corrected chi connectivity index (χ0v) is 16.2. The lowest BCUT2D eigenvalue weighted by Gasteiger charge is -2.42. The van der Waals surface area contributed by atoms with E-state index in [9.17, 15) is 0 Å². The van der Waals surface area contributed by atoms with Crippen molar-refractivity contribution in [1.29, 1.82) is 0 Å². The van der Waals surface area contributed by atoms with E-state index in [1.807, 2.05) is 7.05 Å². The summed E-state index contributed by atoms with van der Waals surface area (Å²) in [4.78, 5) is 14.6. The van der Waals surface area contributed by atoms with E-state index in [1.165, 1.54) is 44.1 Å². The number of aryl methyl sites for hydroxylation is 1. The summed E-state index contributed by atoms with van der Waals surface area (Å²) in [6.07, 6.45) is 12.9. The number of piperazine rings is 1. The molecule has 2 bridgehead atoms. The fourth-order valence-electron chi connectivity index (χ4n) is 4.28. The number of unbranched alkanes of at least 4 members (excludes halogenated alkanes) is 3. The van der Waals surface area contributed by atoms with Crippen LogP contribution < -0.4 is 10.2 Å². The summed E-state index contributed by atoms with van der Waals surface area (Å²) in [6, 6.07) is 1.83. The predicted octanol–water partition coefficient (Wildman–Crippen LogP) is 2.86. The summed E-state index contributed by atoms with van der Waals surface area (Å²) in [7, 11) is 2.02. The van der Waals surface area contributed by atoms with Gasteiger partial charge >= 0.3 is 0 Å². The molecule has 3 heterocycles. The highest BCUT2D eigenvalue weighted by atomic mass is 15.4. The van der Waals surface area contributed by atoms with Gasteiger partial charge in [0.15, 0.2) is 0 Å². The molecular formula is C20H35N5. The Morgan fingerprint density at radius 1 is 1.04 bits per heavy atom. The molecule has 140 valence electrons. The van der Waals surface area contributed by atoms with Crippen LogP contribution >= 0.6 is 0 Å². The SMILES string of the molecule is CNCCCCCCc1cnc(N2C3CCC2CN(C(C)C)C3)nc1. The van der Waals surface area contributed by atoms with E-state index in [0.717, 1.165) is 32.0 Å². The van der Waals surface area contributed by atoms with E-state index in [-0.39, 0.29) is 0 Å². The maximum Gasteiger partial charge on any atom is 0.225 e. The molecule has 3 rings (SSSR count). The van der Waals surface area contributed by atoms with Crippen LogP contribution in [0.5, 0.6) is 0 Å². The normalized spacial score (nSPS) is 23.6. The Morgan fingerprint density at radius 3 is 2.28 bits per heavy atom. The van der Waals surface area contributed by atoms with Crippen LogP contribution in [0, 0.1) is 0 Å². The number of hydrogen-bond donors (Lipinski definition) is 1. The third-order valence-corrected chi connectivity index (χ3v) is 5.81. The smallest absolute Gasteiger partial charge is 0.225 e. The molecule has 0 aromatic carbocycles. The topological polar surface area (TPSA) is 44.3 Å². The van der Waals surface area contributed by atoms with Crippen molar-refractivity contribution in [2.45, 2.75) is 76.9 Å². The second kappa shape index (κ2) is 8.95. The lowest BCUT2D eigenvalue weighted by atomic mass is 10.1. The monoisotopic (exact) mass is 345 g/mol. The maximum atomic E-state index is 4.73. The van der Waals surface area contributed by atoms with Gasteiger partial charge in [-0.25, -0.2) is 9.97 Å². The van der Waals surface area contributed by atoms with E-state index in [0.29, 0.717) is 18.1 Å². The predicted molar refractivity (Wildman–Crippen MR) is 104 cm³/mol. The molecule has 1 N–H and O–H groups in total. The highest BCUT2D eigenvalue weighted by molar-refractivity contribution is 5.37. The molecule has 2 saturated heterocycles. The second-order valence-corrected chi connectivity index (χ2v) is 8.00. The molecule has 2 atom stereocenters. The zero-order valence-electron chi connectivity index (χ0n) is 16.2. The van der Waals surface area contributed by atoms with Crippen molar-refractivity contribution in [3.8, 4) is 0 Å². The van der Waals surface area contributed by atoms with E-state index in [1.54, 1.807) is 0 Å². The van der Waals surface area contributed by atoms with Gasteiger partial charge in [-0.05, 0) is 65.1 Å². The van der Waals surface area contributed by atoms with Crippen LogP contribution in [0.2, 0.25) is 0 Å². The van der Waals surface area contributed by atoms with Gasteiger partial charge in [-0.1, -0.05) is 12.8 Å². The first-order valence-electron chi connectivity index (χ1n) is 10.2. The number of aromatic nitrogens is 2. The van der Waals surface area contributed by atoms with Crippen molar-refractivity contribution in [3.63, 3.8) is 0 Å². The van der Waals surface area contributed by atoms with Gasteiger partial charge in [0.2, 0.25) is 5.95 Å². The third-order valence-electron chi connectivity index (χ3n) is 5.81. The third kappa shape index (κ3) is 4.70. The largest absolute Gasteiger partial charge is 0.332 e. The number of likely N-dealkylation sites (tertiary alicyclic amines) is 1. The van der Waals surface area contributed by atoms with Gasteiger partial charge in [0.1, 0.15) is 0 Å². The number of fused-ring (bicyclic) bond motifs is 2. The molecule has 5 nitrogen and oxygen atoms in total. The molecule has 5 heteroatoms. The highest BCUT2D eigenvalue weighted by Gasteiger charge is 2.41. The van der Waals surface area contributed by atoms with Gasteiger partial charge < -0.3 is 10.2 Å². The van der Waals surface area contributed by atoms with Crippen LogP contribution in [-0.2, 0) is 6.42 Å². The second-order valence-electron chi connectivity index (χ2n) is 8.00. The first kappa shape index (κ1) is 18.6. The summed E-state index contributed by atoms with van der Waals surface area (Å²) in [6.45, 7) is 8.06. The molecule has 2 aliphatic rings. The van der Waals surface area contributed by atoms with Crippen molar-refractivity contribution in [1.82, 2.24) is 20.2 Å². The van der Waals surface area contributed by atoms with Crippen LogP contribution in [0.4, 0.5) is 5.95 Å². The molecule has 25 heavy (non-hydrogen) atoms. The van der Waals surface area contributed by atoms with Crippen molar-refractivity contribution in [3.05, 3.63) is 18.0 Å². The summed E-state index contributed by atoms with van der Waals surface area (Å²) >= 11 is 0. The Hall–Kier alpha value is -1.20. The van der Waals surface area contributed by atoms with E-state index in [4.69, 9.17) is 9.97 Å². The Morgan fingerprint density at radius 2 is 1.68 bits per heavy atom. The number of nitrogens with one attached hydrogen (secondary N) is 1. The van der Waals surface area contributed by atoms with E-state index in [2.05, 4.69) is 41.4 Å². The van der Waals surface area contributed by atoms with Gasteiger partial charge in [0.05, 0.1) is 0 Å². The number of anilines is 1. The minimum Gasteiger partial charge on any atom is -0.332 e. The molecule has 1 aromatic rings. The van der Waals surface area contributed by atoms with Crippen LogP contribution in [0.15, 0.2) is 12.4 Å². The summed E-state index contributed by atoms with van der Waals surface area (Å²) in [5.41, 5.74) is 1.28. The molecule has 0 radical (unpaired) electrons. The van der Waals surface area contributed by atoms with Gasteiger partial charge in [0.25, 0.3) is 0 Å². The van der Waals surface area contributed by atoms with Crippen LogP contribution in [-0.4, -0.2) is 59.7 Å². The Bertz CT molecular complexity index is 501. The average molecular weight is 346 g/mol. The lowest BCUT2D eigenvalue weighted by Crippen LogP contribution is -2.56. The van der Waals surface area contributed by atoms with E-state index < -0.39 is 0 Å². The van der Waals surface area contributed by atoms with Gasteiger partial charge in [-0.15, -0.1) is 0 Å². The fourth-order valence-corrected chi connectivity index (χ4v) is 4.28. The van der Waals surface area contributed by atoms with Gasteiger partial charge in [0, 0.05) is 43.6 Å². The van der Waals surface area contributed by atoms with Crippen molar-refractivity contribution in [2.24, 2.45) is 0 Å². The molecule has 0 amide bonds. The maximum absolute atomic E-state index is 4.73. The Kier molecular flexibility index (Phi) is 6.65. The standard InChI is InChI=1S/C20H35N5/c1-16(2)24-14-18-9-10-19(15-24)25(18)20-22-12-17(13-23-20)8-6-4-5-7-11-21-3/h12-13,16,18-19,21H,4-11,14-15H2,1-3H3. The van der Waals surface area contributed by atoms with Crippen molar-refractivity contribution >= 4 is 5.95 Å². The van der Waals surface area contributed by atoms with Crippen LogP contribution in [0.3, 0.4) is 0 Å². The first-order valence-corrected chi connectivity index (χ1v) is 10.2. The molecule has 0 spiro atoms. The van der Waals surface area contributed by atoms with E-state index >= 15 is 0 Å². The number of rotatable bonds is 9. The first-order chi connectivity index (χ1) is 12.2. The zero-order chi connectivity index (χ0) is 17.6. The summed E-state index contributed by atoms with van der Waals surface area (Å²) in [5, 5.41) is 3.21. The summed E-state index contributed by atoms with van der Waals surface area (Å²) in [5.74, 6) is 0.952. The average Bonchev–Trinajstić information content (AvgIpc) is 2.87. The van der Waals surface area contributed by atoms with Crippen LogP contribution in [0.25, 0.3) is 0 Å². The Balaban J connectivity index is 1.50. The summed E-state index contributed by atoms with van der Waals surface area (Å²) < 4.78 is 0. The molecule has 2 fully saturated rings. The molecular weight excluding hydrogens is 310 g/mol. The fraction of sp³-hybridized carbons (Fsp3) is 0.800. The minimum absolute atomic E-state index is 0.596. The number of nitrogens with zero attached hydrogens (tertiary/aromatic N) is 4. The molecule has 2 unspecified atom stereocenters. The highest BCUT2D eigenvalue weighted by Crippen LogP contribution is 2.33. The molecule has 2 aliphatic heterocycles. The van der Waals surface area contributed by atoms with Crippen LogP contribution in [0.1, 0.15) is 57.9 Å². The van der Waals surface area contributed by atoms with Gasteiger partial charge in [-0.2, -0.15) is 0 Å². The molecule has 0 saturated carbocycles.